The SMILES string of the molecule is COc1cccc2c1OC[C@]1(C(=O)O)CN(c3cc(C)nc(N)n3)C[C@H]21. The van der Waals surface area contributed by atoms with Crippen LogP contribution in [0.5, 0.6) is 11.5 Å². The van der Waals surface area contributed by atoms with Crippen LogP contribution >= 0.6 is 0 Å². The van der Waals surface area contributed by atoms with E-state index in [9.17, 15) is 9.90 Å². The zero-order valence-electron chi connectivity index (χ0n) is 14.6. The van der Waals surface area contributed by atoms with Crippen molar-refractivity contribution in [3.63, 3.8) is 0 Å². The van der Waals surface area contributed by atoms with Gasteiger partial charge in [0, 0.05) is 36.3 Å². The fraction of sp³-hybridized carbons (Fsp3) is 0.389. The Hall–Kier alpha value is -3.03. The number of nitrogens with two attached hydrogens (primary N) is 1. The molecular formula is C18H20N4O4. The Balaban J connectivity index is 1.79. The molecule has 0 amide bonds. The maximum Gasteiger partial charge on any atom is 0.315 e. The molecule has 1 fully saturated rings. The molecule has 1 aromatic heterocycles. The van der Waals surface area contributed by atoms with Crippen LogP contribution in [0.1, 0.15) is 17.2 Å². The van der Waals surface area contributed by atoms with E-state index in [4.69, 9.17) is 15.2 Å². The molecule has 2 aromatic rings. The maximum atomic E-state index is 12.2. The highest BCUT2D eigenvalue weighted by Crippen LogP contribution is 2.52. The number of carboxylic acid groups (broad SMARTS) is 1. The molecule has 2 aliphatic rings. The molecule has 4 rings (SSSR count). The summed E-state index contributed by atoms with van der Waals surface area (Å²) in [6.07, 6.45) is 0. The summed E-state index contributed by atoms with van der Waals surface area (Å²) in [4.78, 5) is 22.6. The van der Waals surface area contributed by atoms with E-state index in [0.717, 1.165) is 11.3 Å². The van der Waals surface area contributed by atoms with E-state index in [0.29, 0.717) is 30.4 Å². The number of benzene rings is 1. The molecule has 0 saturated carbocycles. The summed E-state index contributed by atoms with van der Waals surface area (Å²) >= 11 is 0. The number of carbonyl (C=O) groups is 1. The monoisotopic (exact) mass is 356 g/mol. The summed E-state index contributed by atoms with van der Waals surface area (Å²) in [5.74, 6) is 0.929. The van der Waals surface area contributed by atoms with Crippen molar-refractivity contribution < 1.29 is 19.4 Å². The van der Waals surface area contributed by atoms with Gasteiger partial charge in [-0.05, 0) is 13.0 Å². The lowest BCUT2D eigenvalue weighted by Gasteiger charge is -2.36. The number of para-hydroxylation sites is 1. The van der Waals surface area contributed by atoms with Gasteiger partial charge in [0.1, 0.15) is 17.8 Å². The molecule has 3 heterocycles. The van der Waals surface area contributed by atoms with Crippen molar-refractivity contribution in [2.45, 2.75) is 12.8 Å². The number of aryl methyl sites for hydroxylation is 1. The highest BCUT2D eigenvalue weighted by Gasteiger charge is 2.57. The van der Waals surface area contributed by atoms with Gasteiger partial charge in [-0.1, -0.05) is 12.1 Å². The normalized spacial score (nSPS) is 23.8. The molecule has 1 saturated heterocycles. The molecule has 26 heavy (non-hydrogen) atoms. The third kappa shape index (κ3) is 2.33. The second-order valence-corrected chi connectivity index (χ2v) is 6.79. The van der Waals surface area contributed by atoms with Gasteiger partial charge in [0.05, 0.1) is 7.11 Å². The summed E-state index contributed by atoms with van der Waals surface area (Å²) in [6.45, 7) is 2.71. The van der Waals surface area contributed by atoms with E-state index >= 15 is 0 Å². The van der Waals surface area contributed by atoms with Crippen LogP contribution in [0.25, 0.3) is 0 Å². The lowest BCUT2D eigenvalue weighted by Crippen LogP contribution is -2.45. The first kappa shape index (κ1) is 16.4. The average Bonchev–Trinajstić information content (AvgIpc) is 3.02. The van der Waals surface area contributed by atoms with Gasteiger partial charge >= 0.3 is 5.97 Å². The highest BCUT2D eigenvalue weighted by atomic mass is 16.5. The summed E-state index contributed by atoms with van der Waals surface area (Å²) < 4.78 is 11.2. The van der Waals surface area contributed by atoms with Crippen LogP contribution in [0.2, 0.25) is 0 Å². The minimum atomic E-state index is -1.05. The molecule has 0 radical (unpaired) electrons. The number of hydrogen-bond donors (Lipinski definition) is 2. The van der Waals surface area contributed by atoms with E-state index in [2.05, 4.69) is 9.97 Å². The Morgan fingerprint density at radius 1 is 1.46 bits per heavy atom. The Morgan fingerprint density at radius 2 is 2.27 bits per heavy atom. The largest absolute Gasteiger partial charge is 0.493 e. The zero-order chi connectivity index (χ0) is 18.5. The molecule has 8 nitrogen and oxygen atoms in total. The van der Waals surface area contributed by atoms with Crippen molar-refractivity contribution in [2.24, 2.45) is 5.41 Å². The van der Waals surface area contributed by atoms with E-state index in [-0.39, 0.29) is 18.5 Å². The quantitative estimate of drug-likeness (QED) is 0.850. The van der Waals surface area contributed by atoms with Crippen molar-refractivity contribution in [1.29, 1.82) is 0 Å². The van der Waals surface area contributed by atoms with Crippen LogP contribution in [-0.2, 0) is 4.79 Å². The number of hydrogen-bond acceptors (Lipinski definition) is 7. The van der Waals surface area contributed by atoms with Crippen molar-refractivity contribution in [3.05, 3.63) is 35.5 Å². The van der Waals surface area contributed by atoms with Gasteiger partial charge in [0.2, 0.25) is 5.95 Å². The number of methoxy groups -OCH3 is 1. The molecule has 0 spiro atoms. The molecule has 8 heteroatoms. The van der Waals surface area contributed by atoms with Crippen molar-refractivity contribution in [1.82, 2.24) is 9.97 Å². The van der Waals surface area contributed by atoms with Crippen LogP contribution in [0, 0.1) is 12.3 Å². The van der Waals surface area contributed by atoms with Crippen molar-refractivity contribution >= 4 is 17.7 Å². The summed E-state index contributed by atoms with van der Waals surface area (Å²) in [5.41, 5.74) is 6.31. The first-order valence-electron chi connectivity index (χ1n) is 8.34. The number of aromatic nitrogens is 2. The van der Waals surface area contributed by atoms with Gasteiger partial charge < -0.3 is 25.2 Å². The van der Waals surface area contributed by atoms with Gasteiger partial charge in [-0.25, -0.2) is 4.98 Å². The molecule has 0 unspecified atom stereocenters. The van der Waals surface area contributed by atoms with Gasteiger partial charge in [-0.2, -0.15) is 4.98 Å². The number of aliphatic carboxylic acids is 1. The Morgan fingerprint density at radius 3 is 2.96 bits per heavy atom. The number of fused-ring (bicyclic) bond motifs is 3. The second kappa shape index (κ2) is 5.76. The molecule has 0 aliphatic carbocycles. The maximum absolute atomic E-state index is 12.2. The standard InChI is InChI=1S/C18H20N4O4/c1-10-6-14(21-17(19)20-10)22-7-12-11-4-3-5-13(25-2)15(11)26-9-18(12,8-22)16(23)24/h3-6,12H,7-9H2,1-2H3,(H,23,24)(H2,19,20,21)/t12-,18-/m1/s1. The zero-order valence-corrected chi connectivity index (χ0v) is 14.6. The second-order valence-electron chi connectivity index (χ2n) is 6.79. The van der Waals surface area contributed by atoms with Gasteiger partial charge in [-0.3, -0.25) is 4.79 Å². The van der Waals surface area contributed by atoms with E-state index < -0.39 is 11.4 Å². The van der Waals surface area contributed by atoms with Crippen LogP contribution in [-0.4, -0.2) is 47.8 Å². The Kier molecular flexibility index (Phi) is 3.64. The third-order valence-corrected chi connectivity index (χ3v) is 5.23. The first-order chi connectivity index (χ1) is 12.4. The summed E-state index contributed by atoms with van der Waals surface area (Å²) in [6, 6.07) is 7.39. The number of rotatable bonds is 3. The predicted octanol–water partition coefficient (Wildman–Crippen LogP) is 1.44. The van der Waals surface area contributed by atoms with E-state index in [1.54, 1.807) is 7.11 Å². The van der Waals surface area contributed by atoms with Crippen LogP contribution < -0.4 is 20.1 Å². The van der Waals surface area contributed by atoms with Crippen molar-refractivity contribution in [3.8, 4) is 11.5 Å². The fourth-order valence-electron chi connectivity index (χ4n) is 3.97. The lowest BCUT2D eigenvalue weighted by atomic mass is 9.73. The van der Waals surface area contributed by atoms with Crippen LogP contribution in [0.15, 0.2) is 24.3 Å². The summed E-state index contributed by atoms with van der Waals surface area (Å²) in [7, 11) is 1.57. The Labute approximate surface area is 150 Å². The third-order valence-electron chi connectivity index (χ3n) is 5.23. The van der Waals surface area contributed by atoms with E-state index in [1.165, 1.54) is 0 Å². The topological polar surface area (TPSA) is 111 Å². The molecule has 0 bridgehead atoms. The molecule has 136 valence electrons. The number of anilines is 2. The number of nitrogen functional groups attached to an aromatic ring is 1. The molecular weight excluding hydrogens is 336 g/mol. The number of carboxylic acids is 1. The highest BCUT2D eigenvalue weighted by molar-refractivity contribution is 5.80. The first-order valence-corrected chi connectivity index (χ1v) is 8.34. The smallest absolute Gasteiger partial charge is 0.315 e. The lowest BCUT2D eigenvalue weighted by molar-refractivity contribution is -0.151. The average molecular weight is 356 g/mol. The molecule has 2 aliphatic heterocycles. The Bertz CT molecular complexity index is 867. The molecule has 2 atom stereocenters. The predicted molar refractivity (Wildman–Crippen MR) is 94.7 cm³/mol. The molecule has 3 N–H and O–H groups in total. The molecule has 1 aromatic carbocycles. The van der Waals surface area contributed by atoms with E-state index in [1.807, 2.05) is 36.1 Å². The minimum absolute atomic E-state index is 0.0798. The minimum Gasteiger partial charge on any atom is -0.493 e. The number of nitrogens with zero attached hydrogens (tertiary/aromatic N) is 3. The van der Waals surface area contributed by atoms with Crippen molar-refractivity contribution in [2.75, 3.05) is 37.4 Å². The van der Waals surface area contributed by atoms with Crippen LogP contribution in [0.3, 0.4) is 0 Å². The number of ether oxygens (including phenoxy) is 2. The van der Waals surface area contributed by atoms with Gasteiger partial charge in [0.15, 0.2) is 11.5 Å². The van der Waals surface area contributed by atoms with Crippen LogP contribution in [0.4, 0.5) is 11.8 Å². The fourth-order valence-corrected chi connectivity index (χ4v) is 3.97. The van der Waals surface area contributed by atoms with Gasteiger partial charge in [0.25, 0.3) is 0 Å². The summed E-state index contributed by atoms with van der Waals surface area (Å²) in [5, 5.41) is 10.0. The van der Waals surface area contributed by atoms with Gasteiger partial charge in [-0.15, -0.1) is 0 Å².